The van der Waals surface area contributed by atoms with E-state index in [4.69, 9.17) is 5.10 Å². The van der Waals surface area contributed by atoms with Gasteiger partial charge in [-0.25, -0.2) is 8.78 Å². The molecule has 0 spiro atoms. The van der Waals surface area contributed by atoms with Gasteiger partial charge in [0.25, 0.3) is 18.2 Å². The first-order valence-corrected chi connectivity index (χ1v) is 20.7. The Morgan fingerprint density at radius 2 is 1.53 bits per heavy atom. The minimum atomic E-state index is -2.82. The molecule has 0 saturated carbocycles. The van der Waals surface area contributed by atoms with Gasteiger partial charge in [0.2, 0.25) is 23.6 Å². The number of benzene rings is 2. The monoisotopic (exact) mass is 824 g/mol. The number of carbonyl (C=O) groups is 7. The number of carbonyl (C=O) groups excluding carboxylic acids is 7. The molecule has 7 heterocycles. The molecule has 2 aromatic carbocycles. The van der Waals surface area contributed by atoms with Gasteiger partial charge in [-0.15, -0.1) is 0 Å². The van der Waals surface area contributed by atoms with Crippen molar-refractivity contribution in [2.45, 2.75) is 96.8 Å². The predicted molar refractivity (Wildman–Crippen MR) is 211 cm³/mol. The molecule has 9 rings (SSSR count). The molecular formula is C43H46F2N8O7. The van der Waals surface area contributed by atoms with Crippen LogP contribution in [0, 0.1) is 0 Å². The first-order valence-electron chi connectivity index (χ1n) is 20.7. The minimum Gasteiger partial charge on any atom is -0.341 e. The zero-order valence-corrected chi connectivity index (χ0v) is 33.6. The highest BCUT2D eigenvalue weighted by molar-refractivity contribution is 6.23. The molecule has 0 bridgehead atoms. The van der Waals surface area contributed by atoms with Crippen LogP contribution in [0.5, 0.6) is 0 Å². The number of imide groups is 2. The second-order valence-electron chi connectivity index (χ2n) is 16.8. The SMILES string of the molecule is CC(=O)c1cc2c(cc1C(F)F)N(c1nn(C3CCN(C(=O)CN4CCc5cc6c(cc5C4)C(=O)N(C4CCC(=O)NC4=O)C6=O)CC3)c3c1CN(C(C)=O)CC3)CCC2. The van der Waals surface area contributed by atoms with Gasteiger partial charge in [-0.1, -0.05) is 0 Å². The fraction of sp³-hybridized carbons (Fsp3) is 0.488. The van der Waals surface area contributed by atoms with Crippen LogP contribution in [0.3, 0.4) is 0 Å². The summed E-state index contributed by atoms with van der Waals surface area (Å²) in [7, 11) is 0. The number of amides is 6. The Bertz CT molecular complexity index is 2390. The van der Waals surface area contributed by atoms with Crippen LogP contribution in [0.4, 0.5) is 20.3 Å². The third-order valence-electron chi connectivity index (χ3n) is 13.1. The molecule has 6 aliphatic rings. The molecule has 15 nitrogen and oxygen atoms in total. The Labute approximate surface area is 344 Å². The minimum absolute atomic E-state index is 0.0154. The molecule has 17 heteroatoms. The second kappa shape index (κ2) is 15.3. The molecule has 2 fully saturated rings. The number of aryl methyl sites for hydroxylation is 1. The number of anilines is 2. The number of nitrogens with one attached hydrogen (secondary N) is 1. The van der Waals surface area contributed by atoms with E-state index in [2.05, 4.69) is 5.32 Å². The number of likely N-dealkylation sites (tertiary alicyclic amines) is 1. The highest BCUT2D eigenvalue weighted by atomic mass is 19.3. The molecule has 0 aliphatic carbocycles. The predicted octanol–water partition coefficient (Wildman–Crippen LogP) is 3.64. The van der Waals surface area contributed by atoms with Crippen molar-refractivity contribution in [1.29, 1.82) is 0 Å². The molecule has 314 valence electrons. The van der Waals surface area contributed by atoms with E-state index in [1.165, 1.54) is 19.9 Å². The van der Waals surface area contributed by atoms with Gasteiger partial charge in [0, 0.05) is 87.1 Å². The van der Waals surface area contributed by atoms with Crippen LogP contribution in [0.15, 0.2) is 24.3 Å². The van der Waals surface area contributed by atoms with Gasteiger partial charge in [-0.3, -0.25) is 53.4 Å². The van der Waals surface area contributed by atoms with E-state index >= 15 is 0 Å². The Hall–Kier alpha value is -5.84. The maximum Gasteiger partial charge on any atom is 0.264 e. The molecule has 1 aromatic heterocycles. The lowest BCUT2D eigenvalue weighted by molar-refractivity contribution is -0.136. The summed E-state index contributed by atoms with van der Waals surface area (Å²) in [6.45, 7) is 6.46. The second-order valence-corrected chi connectivity index (χ2v) is 16.8. The number of hydrogen-bond acceptors (Lipinski definition) is 10. The summed E-state index contributed by atoms with van der Waals surface area (Å²) < 4.78 is 30.6. The van der Waals surface area contributed by atoms with E-state index in [0.29, 0.717) is 89.4 Å². The van der Waals surface area contributed by atoms with E-state index in [-0.39, 0.29) is 59.5 Å². The van der Waals surface area contributed by atoms with Crippen molar-refractivity contribution in [3.05, 3.63) is 74.5 Å². The van der Waals surface area contributed by atoms with Crippen molar-refractivity contribution in [3.63, 3.8) is 0 Å². The smallest absolute Gasteiger partial charge is 0.264 e. The van der Waals surface area contributed by atoms with Crippen molar-refractivity contribution in [1.82, 2.24) is 34.7 Å². The van der Waals surface area contributed by atoms with Crippen LogP contribution in [0.1, 0.15) is 123 Å². The standard InChI is InChI=1S/C43H46F2N8O7/c1-23(54)29-17-26-4-3-11-51(36(26)19-30(29)39(44)45)40-33-21-50(24(2)55)15-10-34(33)53(47-40)28-8-13-49(14-9-28)38(57)22-48-12-7-25-16-31-32(18-27(25)20-48)43(60)52(42(31)59)35-5-6-37(56)46-41(35)58/h16-19,28,35,39H,3-15,20-22H2,1-2H3,(H,46,56,58). The third kappa shape index (κ3) is 6.85. The van der Waals surface area contributed by atoms with Crippen LogP contribution >= 0.6 is 0 Å². The normalized spacial score (nSPS) is 20.9. The van der Waals surface area contributed by atoms with Crippen LogP contribution in [0.25, 0.3) is 0 Å². The van der Waals surface area contributed by atoms with Crippen molar-refractivity contribution in [3.8, 4) is 0 Å². The summed E-state index contributed by atoms with van der Waals surface area (Å²) in [5, 5.41) is 7.40. The molecular weight excluding hydrogens is 779 g/mol. The van der Waals surface area contributed by atoms with E-state index in [9.17, 15) is 42.3 Å². The fourth-order valence-electron chi connectivity index (χ4n) is 9.94. The third-order valence-corrected chi connectivity index (χ3v) is 13.1. The lowest BCUT2D eigenvalue weighted by Gasteiger charge is -2.36. The highest BCUT2D eigenvalue weighted by Crippen LogP contribution is 2.42. The summed E-state index contributed by atoms with van der Waals surface area (Å²) in [4.78, 5) is 98.2. The maximum absolute atomic E-state index is 14.3. The largest absolute Gasteiger partial charge is 0.341 e. The van der Waals surface area contributed by atoms with E-state index < -0.39 is 41.9 Å². The van der Waals surface area contributed by atoms with Gasteiger partial charge < -0.3 is 14.7 Å². The zero-order chi connectivity index (χ0) is 42.1. The van der Waals surface area contributed by atoms with Gasteiger partial charge in [-0.2, -0.15) is 5.10 Å². The van der Waals surface area contributed by atoms with Crippen LogP contribution in [-0.4, -0.2) is 116 Å². The number of hydrogen-bond donors (Lipinski definition) is 1. The fourth-order valence-corrected chi connectivity index (χ4v) is 9.94. The van der Waals surface area contributed by atoms with E-state index in [0.717, 1.165) is 39.3 Å². The van der Waals surface area contributed by atoms with E-state index in [1.54, 1.807) is 23.1 Å². The average Bonchev–Trinajstić information content (AvgIpc) is 3.72. The number of alkyl halides is 2. The van der Waals surface area contributed by atoms with Crippen molar-refractivity contribution < 1.29 is 42.3 Å². The molecule has 0 radical (unpaired) electrons. The van der Waals surface area contributed by atoms with Gasteiger partial charge in [-0.05, 0) is 86.4 Å². The molecule has 6 amide bonds. The van der Waals surface area contributed by atoms with Crippen molar-refractivity contribution in [2.75, 3.05) is 44.2 Å². The first kappa shape index (κ1) is 39.6. The Morgan fingerprint density at radius 1 is 0.800 bits per heavy atom. The lowest BCUT2D eigenvalue weighted by atomic mass is 9.93. The van der Waals surface area contributed by atoms with Crippen LogP contribution in [0.2, 0.25) is 0 Å². The van der Waals surface area contributed by atoms with Crippen LogP contribution in [-0.2, 0) is 51.5 Å². The summed E-state index contributed by atoms with van der Waals surface area (Å²) >= 11 is 0. The first-order chi connectivity index (χ1) is 28.8. The lowest BCUT2D eigenvalue weighted by Crippen LogP contribution is -2.54. The van der Waals surface area contributed by atoms with Gasteiger partial charge in [0.15, 0.2) is 11.6 Å². The molecule has 2 saturated heterocycles. The Morgan fingerprint density at radius 3 is 2.22 bits per heavy atom. The molecule has 1 atom stereocenters. The number of piperidine rings is 2. The topological polar surface area (TPSA) is 166 Å². The van der Waals surface area contributed by atoms with E-state index in [1.807, 2.05) is 19.4 Å². The number of fused-ring (bicyclic) bond motifs is 4. The Balaban J connectivity index is 0.890. The quantitative estimate of drug-likeness (QED) is 0.275. The highest BCUT2D eigenvalue weighted by Gasteiger charge is 2.45. The van der Waals surface area contributed by atoms with Gasteiger partial charge >= 0.3 is 0 Å². The summed E-state index contributed by atoms with van der Waals surface area (Å²) in [5.74, 6) is -2.03. The number of rotatable bonds is 7. The summed E-state index contributed by atoms with van der Waals surface area (Å²) in [6.07, 6.45) is 1.15. The molecule has 6 aliphatic heterocycles. The molecule has 1 N–H and O–H groups in total. The average molecular weight is 825 g/mol. The van der Waals surface area contributed by atoms with Gasteiger partial charge in [0.05, 0.1) is 30.3 Å². The number of Topliss-reactive ketones (excluding diaryl/α,β-unsaturated/α-hetero) is 1. The maximum atomic E-state index is 14.3. The molecule has 1 unspecified atom stereocenters. The number of aromatic nitrogens is 2. The number of ketones is 1. The molecule has 60 heavy (non-hydrogen) atoms. The Kier molecular flexibility index (Phi) is 10.1. The summed E-state index contributed by atoms with van der Waals surface area (Å²) in [6, 6.07) is 5.40. The number of halogens is 2. The van der Waals surface area contributed by atoms with Crippen LogP contribution < -0.4 is 10.2 Å². The van der Waals surface area contributed by atoms with Crippen molar-refractivity contribution >= 4 is 52.7 Å². The summed E-state index contributed by atoms with van der Waals surface area (Å²) in [5.41, 5.74) is 5.29. The zero-order valence-electron chi connectivity index (χ0n) is 33.6. The number of nitrogens with zero attached hydrogens (tertiary/aromatic N) is 7. The van der Waals surface area contributed by atoms with Crippen molar-refractivity contribution in [2.24, 2.45) is 0 Å². The van der Waals surface area contributed by atoms with Gasteiger partial charge in [0.1, 0.15) is 6.04 Å². The molecule has 3 aromatic rings.